The highest BCUT2D eigenvalue weighted by Gasteiger charge is 2.21. The molecule has 0 aromatic heterocycles. The van der Waals surface area contributed by atoms with Gasteiger partial charge in [-0.25, -0.2) is 8.42 Å². The first-order valence-electron chi connectivity index (χ1n) is 11.6. The zero-order valence-corrected chi connectivity index (χ0v) is 20.5. The Bertz CT molecular complexity index is 1250. The lowest BCUT2D eigenvalue weighted by Gasteiger charge is -2.31. The van der Waals surface area contributed by atoms with Crippen molar-refractivity contribution >= 4 is 27.3 Å². The number of nitrogens with zero attached hydrogens (tertiary/aromatic N) is 1. The van der Waals surface area contributed by atoms with Gasteiger partial charge in [0, 0.05) is 25.2 Å². The number of anilines is 2. The summed E-state index contributed by atoms with van der Waals surface area (Å²) in [6.45, 7) is 6.05. The largest absolute Gasteiger partial charge is 0.370 e. The SMILES string of the molecule is Cc1ccc(CNC(=O)c2ccc(N3CCCCC3)c(NS(=O)(=O)c3ccc(C)cc3)c2)cc1. The van der Waals surface area contributed by atoms with Crippen LogP contribution < -0.4 is 14.9 Å². The van der Waals surface area contributed by atoms with Crippen molar-refractivity contribution in [1.29, 1.82) is 0 Å². The Labute approximate surface area is 202 Å². The van der Waals surface area contributed by atoms with Crippen LogP contribution in [0, 0.1) is 13.8 Å². The van der Waals surface area contributed by atoms with Gasteiger partial charge in [0.1, 0.15) is 0 Å². The van der Waals surface area contributed by atoms with Crippen molar-refractivity contribution in [2.45, 2.75) is 44.6 Å². The van der Waals surface area contributed by atoms with E-state index in [1.807, 2.05) is 44.2 Å². The van der Waals surface area contributed by atoms with Gasteiger partial charge in [-0.15, -0.1) is 0 Å². The van der Waals surface area contributed by atoms with Gasteiger partial charge in [0.15, 0.2) is 0 Å². The summed E-state index contributed by atoms with van der Waals surface area (Å²) < 4.78 is 29.0. The van der Waals surface area contributed by atoms with Crippen molar-refractivity contribution in [3.63, 3.8) is 0 Å². The Balaban J connectivity index is 1.60. The highest BCUT2D eigenvalue weighted by atomic mass is 32.2. The standard InChI is InChI=1S/C27H31N3O3S/c1-20-6-10-22(11-7-20)19-28-27(31)23-12-15-26(30-16-4-3-5-17-30)25(18-23)29-34(32,33)24-13-8-21(2)9-14-24/h6-15,18,29H,3-5,16-17,19H2,1-2H3,(H,28,31). The van der Waals surface area contributed by atoms with Crippen molar-refractivity contribution in [2.24, 2.45) is 0 Å². The molecule has 4 rings (SSSR count). The van der Waals surface area contributed by atoms with Crippen LogP contribution in [0.15, 0.2) is 71.6 Å². The Hall–Kier alpha value is -3.32. The number of nitrogens with one attached hydrogen (secondary N) is 2. The van der Waals surface area contributed by atoms with Gasteiger partial charge < -0.3 is 10.2 Å². The van der Waals surface area contributed by atoms with Gasteiger partial charge in [0.25, 0.3) is 15.9 Å². The molecular weight excluding hydrogens is 446 g/mol. The maximum absolute atomic E-state index is 13.1. The highest BCUT2D eigenvalue weighted by Crippen LogP contribution is 2.31. The van der Waals surface area contributed by atoms with E-state index >= 15 is 0 Å². The first-order chi connectivity index (χ1) is 16.3. The monoisotopic (exact) mass is 477 g/mol. The zero-order chi connectivity index (χ0) is 24.1. The number of piperidine rings is 1. The molecule has 1 heterocycles. The third kappa shape index (κ3) is 5.78. The highest BCUT2D eigenvalue weighted by molar-refractivity contribution is 7.92. The van der Waals surface area contributed by atoms with E-state index in [1.54, 1.807) is 36.4 Å². The molecule has 1 aliphatic rings. The lowest BCUT2D eigenvalue weighted by molar-refractivity contribution is 0.0951. The minimum Gasteiger partial charge on any atom is -0.370 e. The Morgan fingerprint density at radius 1 is 0.853 bits per heavy atom. The first kappa shape index (κ1) is 23.8. The topological polar surface area (TPSA) is 78.5 Å². The average molecular weight is 478 g/mol. The van der Waals surface area contributed by atoms with E-state index in [2.05, 4.69) is 14.9 Å². The van der Waals surface area contributed by atoms with Crippen LogP contribution in [0.3, 0.4) is 0 Å². The van der Waals surface area contributed by atoms with Crippen LogP contribution in [0.25, 0.3) is 0 Å². The predicted molar refractivity (Wildman–Crippen MR) is 137 cm³/mol. The van der Waals surface area contributed by atoms with Crippen LogP contribution in [-0.2, 0) is 16.6 Å². The van der Waals surface area contributed by atoms with E-state index in [9.17, 15) is 13.2 Å². The quantitative estimate of drug-likeness (QED) is 0.501. The summed E-state index contributed by atoms with van der Waals surface area (Å²) in [5.41, 5.74) is 4.78. The summed E-state index contributed by atoms with van der Waals surface area (Å²) in [4.78, 5) is 15.3. The molecule has 0 radical (unpaired) electrons. The minimum absolute atomic E-state index is 0.192. The molecule has 0 spiro atoms. The predicted octanol–water partition coefficient (Wildman–Crippen LogP) is 5.02. The van der Waals surface area contributed by atoms with Gasteiger partial charge >= 0.3 is 0 Å². The van der Waals surface area contributed by atoms with Crippen molar-refractivity contribution < 1.29 is 13.2 Å². The number of sulfonamides is 1. The summed E-state index contributed by atoms with van der Waals surface area (Å²) >= 11 is 0. The lowest BCUT2D eigenvalue weighted by atomic mass is 10.1. The van der Waals surface area contributed by atoms with Crippen molar-refractivity contribution in [2.75, 3.05) is 22.7 Å². The number of rotatable bonds is 7. The molecule has 3 aromatic rings. The Morgan fingerprint density at radius 2 is 1.47 bits per heavy atom. The maximum Gasteiger partial charge on any atom is 0.261 e. The zero-order valence-electron chi connectivity index (χ0n) is 19.7. The van der Waals surface area contributed by atoms with E-state index in [0.717, 1.165) is 48.3 Å². The van der Waals surface area contributed by atoms with Crippen LogP contribution in [-0.4, -0.2) is 27.4 Å². The van der Waals surface area contributed by atoms with Crippen molar-refractivity contribution in [1.82, 2.24) is 5.32 Å². The molecule has 0 atom stereocenters. The maximum atomic E-state index is 13.1. The molecule has 7 heteroatoms. The molecule has 34 heavy (non-hydrogen) atoms. The summed E-state index contributed by atoms with van der Waals surface area (Å²) in [5, 5.41) is 2.93. The number of amides is 1. The summed E-state index contributed by atoms with van der Waals surface area (Å²) in [6.07, 6.45) is 3.28. The number of hydrogen-bond donors (Lipinski definition) is 2. The third-order valence-corrected chi connectivity index (χ3v) is 7.49. The number of aryl methyl sites for hydroxylation is 2. The molecule has 1 amide bonds. The third-order valence-electron chi connectivity index (χ3n) is 6.10. The smallest absolute Gasteiger partial charge is 0.261 e. The lowest BCUT2D eigenvalue weighted by Crippen LogP contribution is -2.31. The van der Waals surface area contributed by atoms with E-state index in [4.69, 9.17) is 0 Å². The Morgan fingerprint density at radius 3 is 2.12 bits per heavy atom. The minimum atomic E-state index is -3.80. The summed E-state index contributed by atoms with van der Waals surface area (Å²) in [6, 6.07) is 20.0. The van der Waals surface area contributed by atoms with Crippen molar-refractivity contribution in [3.05, 3.63) is 89.0 Å². The number of benzene rings is 3. The second-order valence-corrected chi connectivity index (χ2v) is 10.5. The number of hydrogen-bond acceptors (Lipinski definition) is 4. The molecule has 1 saturated heterocycles. The molecule has 0 aliphatic carbocycles. The molecule has 1 fully saturated rings. The molecule has 0 unspecified atom stereocenters. The normalized spacial score (nSPS) is 14.0. The van der Waals surface area contributed by atoms with E-state index in [0.29, 0.717) is 17.8 Å². The molecule has 0 saturated carbocycles. The molecule has 178 valence electrons. The van der Waals surface area contributed by atoms with Crippen LogP contribution in [0.1, 0.15) is 46.3 Å². The van der Waals surface area contributed by atoms with Gasteiger partial charge in [0.05, 0.1) is 16.3 Å². The van der Waals surface area contributed by atoms with Gasteiger partial charge in [-0.2, -0.15) is 0 Å². The molecule has 3 aromatic carbocycles. The summed E-state index contributed by atoms with van der Waals surface area (Å²) in [7, 11) is -3.80. The molecule has 6 nitrogen and oxygen atoms in total. The van der Waals surface area contributed by atoms with Crippen molar-refractivity contribution in [3.8, 4) is 0 Å². The average Bonchev–Trinajstić information content (AvgIpc) is 2.84. The second-order valence-electron chi connectivity index (χ2n) is 8.87. The fourth-order valence-corrected chi connectivity index (χ4v) is 5.15. The van der Waals surface area contributed by atoms with Crippen LogP contribution in [0.4, 0.5) is 11.4 Å². The van der Waals surface area contributed by atoms with E-state index in [1.165, 1.54) is 6.42 Å². The van der Waals surface area contributed by atoms with Gasteiger partial charge in [-0.1, -0.05) is 47.5 Å². The van der Waals surface area contributed by atoms with E-state index in [-0.39, 0.29) is 10.8 Å². The number of carbonyl (C=O) groups excluding carboxylic acids is 1. The van der Waals surface area contributed by atoms with Gasteiger partial charge in [-0.3, -0.25) is 9.52 Å². The molecule has 2 N–H and O–H groups in total. The second kappa shape index (κ2) is 10.3. The van der Waals surface area contributed by atoms with Gasteiger partial charge in [0.2, 0.25) is 0 Å². The molecule has 1 aliphatic heterocycles. The van der Waals surface area contributed by atoms with E-state index < -0.39 is 10.0 Å². The fraction of sp³-hybridized carbons (Fsp3) is 0.296. The van der Waals surface area contributed by atoms with Crippen LogP contribution in [0.5, 0.6) is 0 Å². The van der Waals surface area contributed by atoms with Gasteiger partial charge in [-0.05, 0) is 69.0 Å². The number of carbonyl (C=O) groups is 1. The first-order valence-corrected chi connectivity index (χ1v) is 13.1. The van der Waals surface area contributed by atoms with Crippen LogP contribution >= 0.6 is 0 Å². The molecule has 0 bridgehead atoms. The Kier molecular flexibility index (Phi) is 7.22. The fourth-order valence-electron chi connectivity index (χ4n) is 4.08. The molecular formula is C27H31N3O3S. The summed E-state index contributed by atoms with van der Waals surface area (Å²) in [5.74, 6) is -0.249. The van der Waals surface area contributed by atoms with Crippen LogP contribution in [0.2, 0.25) is 0 Å².